The van der Waals surface area contributed by atoms with Gasteiger partial charge >= 0.3 is 0 Å². The Hall–Kier alpha value is -0.860. The van der Waals surface area contributed by atoms with E-state index in [1.807, 2.05) is 0 Å². The molecule has 0 bridgehead atoms. The average Bonchev–Trinajstić information content (AvgIpc) is 1.84. The molecule has 2 atom stereocenters. The van der Waals surface area contributed by atoms with E-state index in [2.05, 4.69) is 0 Å². The summed E-state index contributed by atoms with van der Waals surface area (Å²) >= 11 is 0. The highest BCUT2D eigenvalue weighted by atomic mass is 16.4. The van der Waals surface area contributed by atoms with Crippen LogP contribution >= 0.6 is 0 Å². The normalized spacial score (nSPS) is 15.9. The molecule has 3 heteroatoms. The van der Waals surface area contributed by atoms with Gasteiger partial charge in [0.25, 0.3) is 0 Å². The third-order valence-electron chi connectivity index (χ3n) is 1.76. The predicted molar refractivity (Wildman–Crippen MR) is 34.0 cm³/mol. The van der Waals surface area contributed by atoms with Crippen LogP contribution in [0.5, 0.6) is 0 Å². The summed E-state index contributed by atoms with van der Waals surface area (Å²) in [6.07, 6.45) is 0. The minimum Gasteiger partial charge on any atom is -0.550 e. The maximum absolute atomic E-state index is 10.6. The topological polar surface area (TPSA) is 57.2 Å². The number of carbonyl (C=O) groups is 2. The number of hydrogen-bond donors (Lipinski definition) is 0. The van der Waals surface area contributed by atoms with Crippen LogP contribution in [0.3, 0.4) is 0 Å². The lowest BCUT2D eigenvalue weighted by atomic mass is 9.93. The Morgan fingerprint density at radius 3 is 1.70 bits per heavy atom. The zero-order chi connectivity index (χ0) is 8.31. The summed E-state index contributed by atoms with van der Waals surface area (Å²) in [5.41, 5.74) is 0. The number of carboxylic acid groups (broad SMARTS) is 1. The first-order chi connectivity index (χ1) is 4.46. The largest absolute Gasteiger partial charge is 0.550 e. The second-order valence-electron chi connectivity index (χ2n) is 2.51. The number of rotatable bonds is 3. The summed E-state index contributed by atoms with van der Waals surface area (Å²) in [6, 6.07) is 0. The number of carboxylic acids is 1. The van der Waals surface area contributed by atoms with Gasteiger partial charge in [-0.05, 0) is 6.92 Å². The summed E-state index contributed by atoms with van der Waals surface area (Å²) in [4.78, 5) is 20.8. The van der Waals surface area contributed by atoms with Gasteiger partial charge in [-0.15, -0.1) is 0 Å². The first-order valence-corrected chi connectivity index (χ1v) is 3.18. The number of Topliss-reactive ketones (excluding diaryl/α,β-unsaturated/α-hetero) is 1. The second kappa shape index (κ2) is 3.34. The van der Waals surface area contributed by atoms with E-state index in [1.54, 1.807) is 6.92 Å². The van der Waals surface area contributed by atoms with E-state index in [1.165, 1.54) is 13.8 Å². The molecule has 0 saturated heterocycles. The number of carbonyl (C=O) groups excluding carboxylic acids is 2. The van der Waals surface area contributed by atoms with Crippen molar-refractivity contribution in [3.8, 4) is 0 Å². The molecule has 0 saturated carbocycles. The summed E-state index contributed by atoms with van der Waals surface area (Å²) in [5.74, 6) is -2.40. The fourth-order valence-corrected chi connectivity index (χ4v) is 0.556. The van der Waals surface area contributed by atoms with Crippen LogP contribution in [0.4, 0.5) is 0 Å². The molecule has 10 heavy (non-hydrogen) atoms. The van der Waals surface area contributed by atoms with Crippen LogP contribution < -0.4 is 5.11 Å². The molecular weight excluding hydrogens is 132 g/mol. The Labute approximate surface area is 60.0 Å². The number of hydrogen-bond acceptors (Lipinski definition) is 3. The standard InChI is InChI=1S/C7H12O3/c1-4(6(3)8)5(2)7(9)10/h4-5H,1-3H3,(H,9,10)/p-1. The van der Waals surface area contributed by atoms with Crippen LogP contribution in [0, 0.1) is 11.8 Å². The molecule has 0 aromatic rings. The van der Waals surface area contributed by atoms with E-state index >= 15 is 0 Å². The highest BCUT2D eigenvalue weighted by Crippen LogP contribution is 2.09. The van der Waals surface area contributed by atoms with E-state index in [0.29, 0.717) is 0 Å². The monoisotopic (exact) mass is 143 g/mol. The predicted octanol–water partition coefficient (Wildman–Crippen LogP) is -0.403. The van der Waals surface area contributed by atoms with Crippen molar-refractivity contribution in [2.75, 3.05) is 0 Å². The van der Waals surface area contributed by atoms with Crippen molar-refractivity contribution in [2.24, 2.45) is 11.8 Å². The van der Waals surface area contributed by atoms with Gasteiger partial charge in [0.05, 0.1) is 0 Å². The molecule has 0 aliphatic rings. The molecule has 0 aromatic carbocycles. The third-order valence-corrected chi connectivity index (χ3v) is 1.76. The molecule has 0 radical (unpaired) electrons. The van der Waals surface area contributed by atoms with Crippen LogP contribution in [0.1, 0.15) is 20.8 Å². The molecule has 0 spiro atoms. The van der Waals surface area contributed by atoms with Crippen molar-refractivity contribution in [3.05, 3.63) is 0 Å². The van der Waals surface area contributed by atoms with Crippen LogP contribution in [0.15, 0.2) is 0 Å². The van der Waals surface area contributed by atoms with E-state index < -0.39 is 17.8 Å². The Morgan fingerprint density at radius 2 is 1.60 bits per heavy atom. The SMILES string of the molecule is CC(=O)C(C)C(C)C(=O)[O-]. The highest BCUT2D eigenvalue weighted by molar-refractivity contribution is 5.83. The molecule has 0 aromatic heterocycles. The van der Waals surface area contributed by atoms with Crippen molar-refractivity contribution in [3.63, 3.8) is 0 Å². The quantitative estimate of drug-likeness (QED) is 0.540. The summed E-state index contributed by atoms with van der Waals surface area (Å²) < 4.78 is 0. The molecule has 0 aliphatic carbocycles. The number of ketones is 1. The lowest BCUT2D eigenvalue weighted by Gasteiger charge is -2.17. The van der Waals surface area contributed by atoms with Crippen LogP contribution in [-0.2, 0) is 9.59 Å². The lowest BCUT2D eigenvalue weighted by Crippen LogP contribution is -2.35. The first-order valence-electron chi connectivity index (χ1n) is 3.18. The highest BCUT2D eigenvalue weighted by Gasteiger charge is 2.16. The third kappa shape index (κ3) is 2.17. The van der Waals surface area contributed by atoms with E-state index in [0.717, 1.165) is 0 Å². The van der Waals surface area contributed by atoms with E-state index in [-0.39, 0.29) is 5.78 Å². The minimum absolute atomic E-state index is 0.114. The Morgan fingerprint density at radius 1 is 1.20 bits per heavy atom. The molecule has 0 aliphatic heterocycles. The summed E-state index contributed by atoms with van der Waals surface area (Å²) in [6.45, 7) is 4.44. The Balaban J connectivity index is 4.07. The fourth-order valence-electron chi connectivity index (χ4n) is 0.556. The summed E-state index contributed by atoms with van der Waals surface area (Å²) in [7, 11) is 0. The minimum atomic E-state index is -1.16. The Kier molecular flexibility index (Phi) is 3.06. The molecule has 0 heterocycles. The van der Waals surface area contributed by atoms with Gasteiger partial charge in [0.2, 0.25) is 0 Å². The van der Waals surface area contributed by atoms with Gasteiger partial charge in [0.15, 0.2) is 0 Å². The maximum Gasteiger partial charge on any atom is 0.133 e. The zero-order valence-corrected chi connectivity index (χ0v) is 6.38. The van der Waals surface area contributed by atoms with Gasteiger partial charge in [-0.25, -0.2) is 0 Å². The molecule has 0 amide bonds. The van der Waals surface area contributed by atoms with Crippen molar-refractivity contribution >= 4 is 11.8 Å². The van der Waals surface area contributed by atoms with Gasteiger partial charge in [0.1, 0.15) is 5.78 Å². The molecule has 3 nitrogen and oxygen atoms in total. The van der Waals surface area contributed by atoms with Crippen molar-refractivity contribution in [1.29, 1.82) is 0 Å². The van der Waals surface area contributed by atoms with Crippen LogP contribution in [0.25, 0.3) is 0 Å². The second-order valence-corrected chi connectivity index (χ2v) is 2.51. The smallest absolute Gasteiger partial charge is 0.133 e. The Bertz CT molecular complexity index is 133. The lowest BCUT2D eigenvalue weighted by molar-refractivity contribution is -0.312. The average molecular weight is 143 g/mol. The zero-order valence-electron chi connectivity index (χ0n) is 6.38. The fraction of sp³-hybridized carbons (Fsp3) is 0.714. The van der Waals surface area contributed by atoms with Crippen molar-refractivity contribution in [2.45, 2.75) is 20.8 Å². The van der Waals surface area contributed by atoms with E-state index in [4.69, 9.17) is 0 Å². The molecule has 58 valence electrons. The molecule has 2 unspecified atom stereocenters. The van der Waals surface area contributed by atoms with Gasteiger partial charge in [-0.3, -0.25) is 4.79 Å². The molecule has 0 N–H and O–H groups in total. The van der Waals surface area contributed by atoms with Gasteiger partial charge in [0, 0.05) is 17.8 Å². The maximum atomic E-state index is 10.6. The van der Waals surface area contributed by atoms with Crippen LogP contribution in [-0.4, -0.2) is 11.8 Å². The molecular formula is C7H11O3-. The number of aliphatic carboxylic acids is 1. The van der Waals surface area contributed by atoms with Gasteiger partial charge < -0.3 is 9.90 Å². The van der Waals surface area contributed by atoms with E-state index in [9.17, 15) is 14.7 Å². The van der Waals surface area contributed by atoms with Gasteiger partial charge in [-0.1, -0.05) is 13.8 Å². The van der Waals surface area contributed by atoms with Crippen LogP contribution in [0.2, 0.25) is 0 Å². The summed E-state index contributed by atoms with van der Waals surface area (Å²) in [5, 5.41) is 10.2. The van der Waals surface area contributed by atoms with Crippen molar-refractivity contribution in [1.82, 2.24) is 0 Å². The first kappa shape index (κ1) is 9.14. The molecule has 0 rings (SSSR count). The van der Waals surface area contributed by atoms with Gasteiger partial charge in [-0.2, -0.15) is 0 Å². The van der Waals surface area contributed by atoms with Crippen molar-refractivity contribution < 1.29 is 14.7 Å². The molecule has 0 fully saturated rings.